The van der Waals surface area contributed by atoms with Crippen LogP contribution in [0.4, 0.5) is 5.69 Å². The third-order valence-electron chi connectivity index (χ3n) is 5.03. The predicted octanol–water partition coefficient (Wildman–Crippen LogP) is 4.92. The fourth-order valence-electron chi connectivity index (χ4n) is 3.46. The van der Waals surface area contributed by atoms with Crippen molar-refractivity contribution in [2.24, 2.45) is 0 Å². The minimum absolute atomic E-state index is 0.00376. The van der Waals surface area contributed by atoms with E-state index in [-0.39, 0.29) is 11.8 Å². The maximum absolute atomic E-state index is 12.8. The zero-order valence-electron chi connectivity index (χ0n) is 16.9. The quantitative estimate of drug-likeness (QED) is 0.576. The Morgan fingerprint density at radius 2 is 1.97 bits per heavy atom. The summed E-state index contributed by atoms with van der Waals surface area (Å²) >= 11 is 7.59. The molecular weight excluding hydrogens is 432 g/mol. The van der Waals surface area contributed by atoms with Gasteiger partial charge in [-0.05, 0) is 42.0 Å². The Morgan fingerprint density at radius 1 is 1.13 bits per heavy atom. The molecule has 3 aromatic rings. The topological polar surface area (TPSA) is 58.6 Å². The van der Waals surface area contributed by atoms with Crippen LogP contribution in [0.2, 0.25) is 5.02 Å². The smallest absolute Gasteiger partial charge is 0.251 e. The molecule has 2 amide bonds. The Balaban J connectivity index is 1.55. The molecule has 0 spiro atoms. The van der Waals surface area contributed by atoms with Crippen molar-refractivity contribution in [3.8, 4) is 5.75 Å². The molecule has 1 heterocycles. The van der Waals surface area contributed by atoms with Gasteiger partial charge in [-0.2, -0.15) is 0 Å². The summed E-state index contributed by atoms with van der Waals surface area (Å²) < 4.78 is 5.34. The molecule has 0 aliphatic carbocycles. The van der Waals surface area contributed by atoms with Crippen LogP contribution in [0.1, 0.15) is 21.5 Å². The van der Waals surface area contributed by atoms with Crippen LogP contribution in [0.5, 0.6) is 5.75 Å². The lowest BCUT2D eigenvalue weighted by atomic mass is 10.1. The number of thioether (sulfide) groups is 1. The first kappa shape index (κ1) is 21.3. The first-order valence-electron chi connectivity index (χ1n) is 9.77. The van der Waals surface area contributed by atoms with Crippen LogP contribution in [0, 0.1) is 0 Å². The highest BCUT2D eigenvalue weighted by atomic mass is 35.5. The number of nitrogens with zero attached hydrogens (tertiary/aromatic N) is 1. The van der Waals surface area contributed by atoms with E-state index in [0.29, 0.717) is 29.4 Å². The fourth-order valence-corrected chi connectivity index (χ4v) is 4.59. The Labute approximate surface area is 190 Å². The van der Waals surface area contributed by atoms with Gasteiger partial charge in [0.15, 0.2) is 0 Å². The summed E-state index contributed by atoms with van der Waals surface area (Å²) in [6.45, 7) is 0.749. The van der Waals surface area contributed by atoms with Crippen molar-refractivity contribution in [1.29, 1.82) is 0 Å². The number of nitrogens with one attached hydrogen (secondary N) is 1. The van der Waals surface area contributed by atoms with Gasteiger partial charge >= 0.3 is 0 Å². The summed E-state index contributed by atoms with van der Waals surface area (Å²) in [5, 5.41) is 3.56. The molecule has 0 saturated heterocycles. The van der Waals surface area contributed by atoms with Gasteiger partial charge in [-0.3, -0.25) is 9.59 Å². The largest absolute Gasteiger partial charge is 0.496 e. The number of hydrogen-bond donors (Lipinski definition) is 1. The highest BCUT2D eigenvalue weighted by Crippen LogP contribution is 2.37. The monoisotopic (exact) mass is 452 g/mol. The average Bonchev–Trinajstić information content (AvgIpc) is 2.79. The zero-order valence-corrected chi connectivity index (χ0v) is 18.5. The second kappa shape index (κ2) is 9.45. The third kappa shape index (κ3) is 4.86. The molecule has 158 valence electrons. The van der Waals surface area contributed by atoms with E-state index in [0.717, 1.165) is 27.5 Å². The molecular formula is C24H21ClN2O3S. The average molecular weight is 453 g/mol. The lowest BCUT2D eigenvalue weighted by Gasteiger charge is -2.29. The number of rotatable bonds is 6. The number of hydrogen-bond acceptors (Lipinski definition) is 4. The minimum Gasteiger partial charge on any atom is -0.496 e. The molecule has 5 nitrogen and oxygen atoms in total. The second-order valence-electron chi connectivity index (χ2n) is 7.08. The highest BCUT2D eigenvalue weighted by molar-refractivity contribution is 8.00. The van der Waals surface area contributed by atoms with E-state index in [4.69, 9.17) is 16.3 Å². The number of halogens is 1. The number of para-hydroxylation sites is 1. The molecule has 31 heavy (non-hydrogen) atoms. The first-order valence-corrected chi connectivity index (χ1v) is 11.1. The molecule has 4 rings (SSSR count). The molecule has 0 unspecified atom stereocenters. The molecule has 0 saturated carbocycles. The summed E-state index contributed by atoms with van der Waals surface area (Å²) in [6.07, 6.45) is 0. The van der Waals surface area contributed by atoms with Gasteiger partial charge in [0.2, 0.25) is 5.91 Å². The summed E-state index contributed by atoms with van der Waals surface area (Å²) in [4.78, 5) is 28.2. The number of carbonyl (C=O) groups is 2. The highest BCUT2D eigenvalue weighted by Gasteiger charge is 2.26. The van der Waals surface area contributed by atoms with E-state index in [2.05, 4.69) is 5.32 Å². The minimum atomic E-state index is -0.209. The van der Waals surface area contributed by atoms with Gasteiger partial charge < -0.3 is 15.0 Å². The van der Waals surface area contributed by atoms with Crippen LogP contribution in [0.15, 0.2) is 71.6 Å². The first-order chi connectivity index (χ1) is 15.0. The van der Waals surface area contributed by atoms with Crippen LogP contribution in [-0.2, 0) is 17.9 Å². The van der Waals surface area contributed by atoms with E-state index >= 15 is 0 Å². The Kier molecular flexibility index (Phi) is 6.49. The summed E-state index contributed by atoms with van der Waals surface area (Å²) in [7, 11) is 1.60. The number of amides is 2. The number of anilines is 1. The van der Waals surface area contributed by atoms with E-state index < -0.39 is 0 Å². The van der Waals surface area contributed by atoms with Crippen LogP contribution in [-0.4, -0.2) is 24.7 Å². The molecule has 0 radical (unpaired) electrons. The molecule has 1 aliphatic heterocycles. The van der Waals surface area contributed by atoms with E-state index in [1.165, 1.54) is 11.8 Å². The summed E-state index contributed by atoms with van der Waals surface area (Å²) in [6, 6.07) is 20.5. The SMILES string of the molecule is COc1ccccc1CNC(=O)c1ccc2c(c1)N(Cc1cccc(Cl)c1)C(=O)CS2. The maximum Gasteiger partial charge on any atom is 0.251 e. The summed E-state index contributed by atoms with van der Waals surface area (Å²) in [5.74, 6) is 0.888. The van der Waals surface area contributed by atoms with Crippen molar-refractivity contribution in [2.45, 2.75) is 18.0 Å². The number of fused-ring (bicyclic) bond motifs is 1. The Hall–Kier alpha value is -2.96. The standard InChI is InChI=1S/C24H21ClN2O3S/c1-30-21-8-3-2-6-18(21)13-26-24(29)17-9-10-22-20(12-17)27(23(28)15-31-22)14-16-5-4-7-19(25)11-16/h2-12H,13-15H2,1H3,(H,26,29). The number of carbonyl (C=O) groups excluding carboxylic acids is 2. The van der Waals surface area contributed by atoms with Crippen LogP contribution in [0.25, 0.3) is 0 Å². The number of ether oxygens (including phenoxy) is 1. The molecule has 0 fully saturated rings. The normalized spacial score (nSPS) is 13.0. The predicted molar refractivity (Wildman–Crippen MR) is 124 cm³/mol. The Bertz CT molecular complexity index is 1140. The van der Waals surface area contributed by atoms with Crippen molar-refractivity contribution in [2.75, 3.05) is 17.8 Å². The second-order valence-corrected chi connectivity index (χ2v) is 8.53. The van der Waals surface area contributed by atoms with E-state index in [1.54, 1.807) is 30.2 Å². The van der Waals surface area contributed by atoms with Gasteiger partial charge in [0, 0.05) is 27.6 Å². The van der Waals surface area contributed by atoms with E-state index in [1.807, 2.05) is 48.5 Å². The van der Waals surface area contributed by atoms with Crippen molar-refractivity contribution in [3.63, 3.8) is 0 Å². The molecule has 1 aliphatic rings. The van der Waals surface area contributed by atoms with Crippen LogP contribution >= 0.6 is 23.4 Å². The molecule has 1 N–H and O–H groups in total. The third-order valence-corrected chi connectivity index (χ3v) is 6.31. The van der Waals surface area contributed by atoms with Gasteiger partial charge in [-0.15, -0.1) is 11.8 Å². The fraction of sp³-hybridized carbons (Fsp3) is 0.167. The van der Waals surface area contributed by atoms with Crippen molar-refractivity contribution in [3.05, 3.63) is 88.4 Å². The lowest BCUT2D eigenvalue weighted by Crippen LogP contribution is -2.35. The van der Waals surface area contributed by atoms with Gasteiger partial charge in [0.05, 0.1) is 25.1 Å². The van der Waals surface area contributed by atoms with Crippen LogP contribution in [0.3, 0.4) is 0 Å². The number of benzene rings is 3. The van der Waals surface area contributed by atoms with Gasteiger partial charge in [-0.25, -0.2) is 0 Å². The zero-order chi connectivity index (χ0) is 21.8. The molecule has 0 bridgehead atoms. The van der Waals surface area contributed by atoms with Crippen molar-refractivity contribution in [1.82, 2.24) is 5.32 Å². The molecule has 0 atom stereocenters. The van der Waals surface area contributed by atoms with Crippen molar-refractivity contribution < 1.29 is 14.3 Å². The summed E-state index contributed by atoms with van der Waals surface area (Å²) in [5.41, 5.74) is 3.07. The van der Waals surface area contributed by atoms with Gasteiger partial charge in [0.1, 0.15) is 5.75 Å². The maximum atomic E-state index is 12.8. The van der Waals surface area contributed by atoms with Crippen LogP contribution < -0.4 is 15.0 Å². The van der Waals surface area contributed by atoms with Crippen molar-refractivity contribution >= 4 is 40.9 Å². The van der Waals surface area contributed by atoms with Gasteiger partial charge in [0.25, 0.3) is 5.91 Å². The lowest BCUT2D eigenvalue weighted by molar-refractivity contribution is -0.116. The molecule has 0 aromatic heterocycles. The van der Waals surface area contributed by atoms with E-state index in [9.17, 15) is 9.59 Å². The molecule has 7 heteroatoms. The van der Waals surface area contributed by atoms with Gasteiger partial charge in [-0.1, -0.05) is 41.9 Å². The number of methoxy groups -OCH3 is 1. The molecule has 3 aromatic carbocycles. The Morgan fingerprint density at radius 3 is 2.77 bits per heavy atom.